The van der Waals surface area contributed by atoms with Crippen molar-refractivity contribution >= 4 is 11.6 Å². The topological polar surface area (TPSA) is 31.9 Å². The molecule has 0 amide bonds. The van der Waals surface area contributed by atoms with E-state index in [2.05, 4.69) is 58.3 Å². The predicted octanol–water partition coefficient (Wildman–Crippen LogP) is 6.54. The van der Waals surface area contributed by atoms with E-state index in [0.29, 0.717) is 17.9 Å². The molecule has 3 nitrogen and oxygen atoms in total. The van der Waals surface area contributed by atoms with E-state index in [4.69, 9.17) is 11.6 Å². The summed E-state index contributed by atoms with van der Waals surface area (Å²) in [7, 11) is 0. The molecule has 1 saturated heterocycles. The first kappa shape index (κ1) is 19.6. The summed E-state index contributed by atoms with van der Waals surface area (Å²) in [6, 6.07) is 12.9. The summed E-state index contributed by atoms with van der Waals surface area (Å²) in [5.41, 5.74) is 6.21. The maximum atomic E-state index is 6.34. The zero-order valence-electron chi connectivity index (χ0n) is 17.4. The van der Waals surface area contributed by atoms with E-state index < -0.39 is 0 Å². The fourth-order valence-electron chi connectivity index (χ4n) is 5.48. The summed E-state index contributed by atoms with van der Waals surface area (Å²) in [6.07, 6.45) is 14.5. The van der Waals surface area contributed by atoms with Gasteiger partial charge in [0.1, 0.15) is 0 Å². The molecular weight excluding hydrogens is 390 g/mol. The fourth-order valence-corrected chi connectivity index (χ4v) is 5.67. The molecule has 3 atom stereocenters. The summed E-state index contributed by atoms with van der Waals surface area (Å²) in [6.45, 7) is 4.68. The van der Waals surface area contributed by atoms with Crippen LogP contribution in [0.25, 0.3) is 22.4 Å². The van der Waals surface area contributed by atoms with Crippen LogP contribution >= 0.6 is 11.6 Å². The van der Waals surface area contributed by atoms with Crippen LogP contribution in [0.15, 0.2) is 67.1 Å². The Hall–Kier alpha value is -2.36. The van der Waals surface area contributed by atoms with Gasteiger partial charge in [-0.3, -0.25) is 9.88 Å². The lowest BCUT2D eigenvalue weighted by atomic mass is 9.79. The second-order valence-electron chi connectivity index (χ2n) is 8.52. The monoisotopic (exact) mass is 417 g/mol. The van der Waals surface area contributed by atoms with E-state index in [0.717, 1.165) is 16.3 Å². The highest BCUT2D eigenvalue weighted by molar-refractivity contribution is 6.30. The molecule has 5 rings (SSSR count). The second kappa shape index (κ2) is 8.41. The van der Waals surface area contributed by atoms with Crippen molar-refractivity contribution in [1.29, 1.82) is 0 Å². The predicted molar refractivity (Wildman–Crippen MR) is 125 cm³/mol. The molecule has 0 radical (unpaired) electrons. The number of nitrogens with one attached hydrogen (secondary N) is 1. The van der Waals surface area contributed by atoms with Crippen LogP contribution in [0.4, 0.5) is 0 Å². The number of aromatic amines is 1. The molecule has 4 heteroatoms. The molecule has 0 saturated carbocycles. The number of nitrogens with zero attached hydrogens (tertiary/aromatic N) is 2. The number of aromatic nitrogens is 2. The Bertz CT molecular complexity index is 1040. The lowest BCUT2D eigenvalue weighted by Crippen LogP contribution is -2.33. The molecule has 1 N–H and O–H groups in total. The lowest BCUT2D eigenvalue weighted by Gasteiger charge is -2.29. The van der Waals surface area contributed by atoms with Gasteiger partial charge in [0.15, 0.2) is 0 Å². The summed E-state index contributed by atoms with van der Waals surface area (Å²) in [5.74, 6) is 1.17. The molecule has 0 bridgehead atoms. The van der Waals surface area contributed by atoms with E-state index in [1.54, 1.807) is 0 Å². The van der Waals surface area contributed by atoms with Gasteiger partial charge < -0.3 is 4.98 Å². The first-order valence-corrected chi connectivity index (χ1v) is 11.4. The van der Waals surface area contributed by atoms with Crippen molar-refractivity contribution in [2.75, 3.05) is 13.1 Å². The fraction of sp³-hybridized carbons (Fsp3) is 0.346. The van der Waals surface area contributed by atoms with Crippen molar-refractivity contribution in [1.82, 2.24) is 14.9 Å². The van der Waals surface area contributed by atoms with E-state index in [-0.39, 0.29) is 0 Å². The number of halogens is 1. The number of pyridine rings is 1. The van der Waals surface area contributed by atoms with Gasteiger partial charge in [0.2, 0.25) is 0 Å². The number of benzene rings is 1. The van der Waals surface area contributed by atoms with E-state index in [1.807, 2.05) is 30.6 Å². The van der Waals surface area contributed by atoms with Gasteiger partial charge in [-0.05, 0) is 54.2 Å². The number of hydrogen-bond donors (Lipinski definition) is 1. The minimum absolute atomic E-state index is 0.485. The van der Waals surface area contributed by atoms with Crippen molar-refractivity contribution in [2.45, 2.75) is 38.1 Å². The summed E-state index contributed by atoms with van der Waals surface area (Å²) < 4.78 is 0. The van der Waals surface area contributed by atoms with Crippen molar-refractivity contribution in [3.05, 3.63) is 77.7 Å². The summed E-state index contributed by atoms with van der Waals surface area (Å²) in [5, 5.41) is 0.760. The normalized spacial score (nSPS) is 23.6. The number of hydrogen-bond acceptors (Lipinski definition) is 2. The molecular formula is C26H28ClN3. The molecule has 30 heavy (non-hydrogen) atoms. The van der Waals surface area contributed by atoms with Crippen LogP contribution in [0, 0.1) is 5.92 Å². The molecule has 3 aromatic rings. The molecule has 1 fully saturated rings. The van der Waals surface area contributed by atoms with Gasteiger partial charge >= 0.3 is 0 Å². The quantitative estimate of drug-likeness (QED) is 0.478. The Morgan fingerprint density at radius 3 is 2.83 bits per heavy atom. The third-order valence-corrected chi connectivity index (χ3v) is 6.93. The van der Waals surface area contributed by atoms with Gasteiger partial charge in [-0.2, -0.15) is 0 Å². The van der Waals surface area contributed by atoms with Crippen LogP contribution < -0.4 is 0 Å². The zero-order chi connectivity index (χ0) is 20.5. The highest BCUT2D eigenvalue weighted by Crippen LogP contribution is 2.48. The first-order valence-electron chi connectivity index (χ1n) is 11.0. The molecule has 2 aliphatic heterocycles. The molecule has 2 aromatic heterocycles. The highest BCUT2D eigenvalue weighted by Gasteiger charge is 2.42. The number of H-pyrrole nitrogens is 1. The molecule has 2 aliphatic rings. The van der Waals surface area contributed by atoms with Crippen molar-refractivity contribution in [3.8, 4) is 22.4 Å². The maximum absolute atomic E-state index is 6.34. The minimum Gasteiger partial charge on any atom is -0.360 e. The largest absolute Gasteiger partial charge is 0.360 e. The van der Waals surface area contributed by atoms with Gasteiger partial charge in [0.25, 0.3) is 0 Å². The van der Waals surface area contributed by atoms with Crippen molar-refractivity contribution < 1.29 is 0 Å². The van der Waals surface area contributed by atoms with Gasteiger partial charge in [-0.25, -0.2) is 0 Å². The minimum atomic E-state index is 0.485. The third-order valence-electron chi connectivity index (χ3n) is 6.69. The average molecular weight is 418 g/mol. The van der Waals surface area contributed by atoms with Crippen LogP contribution in [-0.2, 0) is 0 Å². The standard InChI is InChI=1S/C26H28ClN3/c1-2-6-20-17-30-14-4-3-9-23(30)24(20)22-16-29-26(19-7-5-8-21(27)15-19)25(22)18-10-12-28-13-11-18/h3,5,7-13,15-16,20,23-24,29H,2,4,6,14,17H2,1H3. The number of fused-ring (bicyclic) bond motifs is 1. The van der Waals surface area contributed by atoms with Gasteiger partial charge in [0, 0.05) is 59.8 Å². The Morgan fingerprint density at radius 1 is 1.17 bits per heavy atom. The number of rotatable bonds is 5. The SMILES string of the molecule is CCCC1CN2CCC=CC2C1c1c[nH]c(-c2cccc(Cl)c2)c1-c1ccncc1. The van der Waals surface area contributed by atoms with Crippen molar-refractivity contribution in [2.24, 2.45) is 5.92 Å². The molecule has 1 aromatic carbocycles. The van der Waals surface area contributed by atoms with Crippen LogP contribution in [0.3, 0.4) is 0 Å². The van der Waals surface area contributed by atoms with Crippen LogP contribution in [0.1, 0.15) is 37.7 Å². The lowest BCUT2D eigenvalue weighted by molar-refractivity contribution is 0.272. The summed E-state index contributed by atoms with van der Waals surface area (Å²) in [4.78, 5) is 10.6. The van der Waals surface area contributed by atoms with Crippen LogP contribution in [0.5, 0.6) is 0 Å². The third kappa shape index (κ3) is 3.51. The Morgan fingerprint density at radius 2 is 2.03 bits per heavy atom. The van der Waals surface area contributed by atoms with Crippen LogP contribution in [-0.4, -0.2) is 34.0 Å². The van der Waals surface area contributed by atoms with Crippen molar-refractivity contribution in [3.63, 3.8) is 0 Å². The Labute approximate surface area is 183 Å². The van der Waals surface area contributed by atoms with Gasteiger partial charge in [-0.15, -0.1) is 0 Å². The zero-order valence-corrected chi connectivity index (χ0v) is 18.1. The van der Waals surface area contributed by atoms with Gasteiger partial charge in [0.05, 0.1) is 5.69 Å². The molecule has 0 aliphatic carbocycles. The van der Waals surface area contributed by atoms with Gasteiger partial charge in [-0.1, -0.05) is 49.2 Å². The molecule has 154 valence electrons. The van der Waals surface area contributed by atoms with Crippen LogP contribution in [0.2, 0.25) is 5.02 Å². The Balaban J connectivity index is 1.68. The molecule has 3 unspecified atom stereocenters. The molecule has 0 spiro atoms. The van der Waals surface area contributed by atoms with E-state index in [9.17, 15) is 0 Å². The second-order valence-corrected chi connectivity index (χ2v) is 8.95. The smallest absolute Gasteiger partial charge is 0.0537 e. The van der Waals surface area contributed by atoms with E-state index in [1.165, 1.54) is 49.0 Å². The summed E-state index contributed by atoms with van der Waals surface area (Å²) >= 11 is 6.34. The molecule has 4 heterocycles. The Kier molecular flexibility index (Phi) is 5.49. The average Bonchev–Trinajstić information content (AvgIpc) is 3.35. The highest BCUT2D eigenvalue weighted by atomic mass is 35.5. The van der Waals surface area contributed by atoms with E-state index >= 15 is 0 Å². The maximum Gasteiger partial charge on any atom is 0.0537 e. The first-order chi connectivity index (χ1) is 14.8.